The fourth-order valence-electron chi connectivity index (χ4n) is 3.75. The molecule has 0 aromatic carbocycles. The number of amides is 1. The maximum Gasteiger partial charge on any atom is 0.410 e. The monoisotopic (exact) mass is 310 g/mol. The highest BCUT2D eigenvalue weighted by Gasteiger charge is 2.29. The third kappa shape index (κ3) is 5.45. The number of carbonyl (C=O) groups excluding carboxylic acids is 1. The van der Waals surface area contributed by atoms with Gasteiger partial charge in [-0.1, -0.05) is 19.3 Å². The Bertz CT molecular complexity index is 359. The number of hydrogen-bond donors (Lipinski definition) is 1. The smallest absolute Gasteiger partial charge is 0.410 e. The molecule has 2 rings (SSSR count). The topological polar surface area (TPSA) is 41.6 Å². The average Bonchev–Trinajstić information content (AvgIpc) is 2.46. The second kappa shape index (κ2) is 7.67. The molecule has 2 aliphatic rings. The van der Waals surface area contributed by atoms with Crippen molar-refractivity contribution in [1.29, 1.82) is 0 Å². The van der Waals surface area contributed by atoms with E-state index in [1.807, 2.05) is 25.7 Å². The van der Waals surface area contributed by atoms with Crippen LogP contribution in [0.3, 0.4) is 0 Å². The average molecular weight is 310 g/mol. The predicted molar refractivity (Wildman–Crippen MR) is 90.0 cm³/mol. The van der Waals surface area contributed by atoms with E-state index in [9.17, 15) is 4.79 Å². The lowest BCUT2D eigenvalue weighted by molar-refractivity contribution is 0.0180. The van der Waals surface area contributed by atoms with E-state index in [-0.39, 0.29) is 6.09 Å². The molecule has 128 valence electrons. The van der Waals surface area contributed by atoms with Crippen molar-refractivity contribution < 1.29 is 9.53 Å². The van der Waals surface area contributed by atoms with Crippen LogP contribution in [-0.2, 0) is 4.74 Å². The summed E-state index contributed by atoms with van der Waals surface area (Å²) in [5, 5.41) is 3.79. The third-order valence-corrected chi connectivity index (χ3v) is 4.93. The third-order valence-electron chi connectivity index (χ3n) is 4.93. The molecule has 1 amide bonds. The summed E-state index contributed by atoms with van der Waals surface area (Å²) in [6, 6.07) is 0.974. The summed E-state index contributed by atoms with van der Waals surface area (Å²) in [6.07, 6.45) is 8.94. The first kappa shape index (κ1) is 17.6. The van der Waals surface area contributed by atoms with Crippen LogP contribution in [0.4, 0.5) is 4.79 Å². The van der Waals surface area contributed by atoms with Crippen LogP contribution in [0.1, 0.15) is 72.6 Å². The molecular formula is C18H34N2O2. The van der Waals surface area contributed by atoms with Crippen molar-refractivity contribution in [2.24, 2.45) is 5.92 Å². The van der Waals surface area contributed by atoms with Gasteiger partial charge in [-0.25, -0.2) is 4.79 Å². The summed E-state index contributed by atoms with van der Waals surface area (Å²) in [7, 11) is 0. The van der Waals surface area contributed by atoms with Gasteiger partial charge in [-0.2, -0.15) is 0 Å². The molecule has 0 aromatic rings. The SMILES string of the molecule is C[C@@H](NC1CCCN(C(=O)OC(C)(C)C)C1)C1CCCCC1. The van der Waals surface area contributed by atoms with Crippen LogP contribution in [0.15, 0.2) is 0 Å². The van der Waals surface area contributed by atoms with Gasteiger partial charge >= 0.3 is 6.09 Å². The fraction of sp³-hybridized carbons (Fsp3) is 0.944. The molecule has 4 nitrogen and oxygen atoms in total. The fourth-order valence-corrected chi connectivity index (χ4v) is 3.75. The lowest BCUT2D eigenvalue weighted by Gasteiger charge is -2.37. The zero-order chi connectivity index (χ0) is 16.2. The molecule has 1 heterocycles. The molecule has 22 heavy (non-hydrogen) atoms. The van der Waals surface area contributed by atoms with E-state index in [1.165, 1.54) is 32.1 Å². The molecule has 1 N–H and O–H groups in total. The van der Waals surface area contributed by atoms with Crippen LogP contribution in [0.25, 0.3) is 0 Å². The molecule has 1 aliphatic heterocycles. The van der Waals surface area contributed by atoms with Gasteiger partial charge in [0.2, 0.25) is 0 Å². The Morgan fingerprint density at radius 1 is 1.14 bits per heavy atom. The lowest BCUT2D eigenvalue weighted by atomic mass is 9.84. The van der Waals surface area contributed by atoms with Crippen molar-refractivity contribution in [3.63, 3.8) is 0 Å². The van der Waals surface area contributed by atoms with Crippen molar-refractivity contribution in [3.05, 3.63) is 0 Å². The molecule has 0 bridgehead atoms. The first-order chi connectivity index (χ1) is 10.3. The van der Waals surface area contributed by atoms with Gasteiger partial charge < -0.3 is 15.0 Å². The highest BCUT2D eigenvalue weighted by Crippen LogP contribution is 2.27. The highest BCUT2D eigenvalue weighted by molar-refractivity contribution is 5.68. The van der Waals surface area contributed by atoms with Crippen LogP contribution in [0.2, 0.25) is 0 Å². The van der Waals surface area contributed by atoms with Gasteiger partial charge in [0, 0.05) is 25.2 Å². The summed E-state index contributed by atoms with van der Waals surface area (Å²) < 4.78 is 5.51. The van der Waals surface area contributed by atoms with Gasteiger partial charge in [0.15, 0.2) is 0 Å². The normalized spacial score (nSPS) is 25.8. The van der Waals surface area contributed by atoms with Crippen molar-refractivity contribution in [2.75, 3.05) is 13.1 Å². The maximum absolute atomic E-state index is 12.2. The summed E-state index contributed by atoms with van der Waals surface area (Å²) in [4.78, 5) is 14.1. The number of nitrogens with one attached hydrogen (secondary N) is 1. The van der Waals surface area contributed by atoms with Crippen LogP contribution in [0, 0.1) is 5.92 Å². The molecule has 1 unspecified atom stereocenters. The van der Waals surface area contributed by atoms with E-state index < -0.39 is 5.60 Å². The van der Waals surface area contributed by atoms with Crippen LogP contribution in [0.5, 0.6) is 0 Å². The number of piperidine rings is 1. The Labute approximate surface area is 136 Å². The van der Waals surface area contributed by atoms with Gasteiger partial charge in [-0.15, -0.1) is 0 Å². The van der Waals surface area contributed by atoms with Gasteiger partial charge in [0.05, 0.1) is 0 Å². The van der Waals surface area contributed by atoms with Crippen molar-refractivity contribution in [3.8, 4) is 0 Å². The van der Waals surface area contributed by atoms with Crippen LogP contribution in [-0.4, -0.2) is 41.8 Å². The molecule has 2 atom stereocenters. The minimum atomic E-state index is -0.410. The molecule has 2 fully saturated rings. The van der Waals surface area contributed by atoms with Gasteiger partial charge in [0.25, 0.3) is 0 Å². The van der Waals surface area contributed by atoms with E-state index >= 15 is 0 Å². The summed E-state index contributed by atoms with van der Waals surface area (Å²) >= 11 is 0. The van der Waals surface area contributed by atoms with Crippen LogP contribution >= 0.6 is 0 Å². The van der Waals surface area contributed by atoms with E-state index in [4.69, 9.17) is 4.74 Å². The van der Waals surface area contributed by atoms with E-state index in [1.54, 1.807) is 0 Å². The Hall–Kier alpha value is -0.770. The Balaban J connectivity index is 1.81. The van der Waals surface area contributed by atoms with E-state index in [0.29, 0.717) is 12.1 Å². The van der Waals surface area contributed by atoms with Crippen molar-refractivity contribution in [2.45, 2.75) is 90.3 Å². The minimum Gasteiger partial charge on any atom is -0.444 e. The molecule has 1 saturated carbocycles. The van der Waals surface area contributed by atoms with E-state index in [0.717, 1.165) is 31.8 Å². The molecular weight excluding hydrogens is 276 g/mol. The predicted octanol–water partition coefficient (Wildman–Crippen LogP) is 3.94. The number of rotatable bonds is 3. The summed E-state index contributed by atoms with van der Waals surface area (Å²) in [5.74, 6) is 0.811. The molecule has 0 spiro atoms. The van der Waals surface area contributed by atoms with Gasteiger partial charge in [0.1, 0.15) is 5.60 Å². The number of likely N-dealkylation sites (tertiary alicyclic amines) is 1. The standard InChI is InChI=1S/C18H34N2O2/c1-14(15-9-6-5-7-10-15)19-16-11-8-12-20(13-16)17(21)22-18(2,3)4/h14-16,19H,5-13H2,1-4H3/t14-,16?/m1/s1. The molecule has 4 heteroatoms. The second-order valence-electron chi connectivity index (χ2n) is 8.12. The number of ether oxygens (including phenoxy) is 1. The quantitative estimate of drug-likeness (QED) is 0.858. The number of carbonyl (C=O) groups is 1. The second-order valence-corrected chi connectivity index (χ2v) is 8.12. The zero-order valence-corrected chi connectivity index (χ0v) is 14.9. The number of hydrogen-bond acceptors (Lipinski definition) is 3. The van der Waals surface area contributed by atoms with Gasteiger partial charge in [-0.05, 0) is 59.3 Å². The first-order valence-electron chi connectivity index (χ1n) is 9.09. The Morgan fingerprint density at radius 3 is 2.45 bits per heavy atom. The first-order valence-corrected chi connectivity index (χ1v) is 9.09. The largest absolute Gasteiger partial charge is 0.444 e. The van der Waals surface area contributed by atoms with Crippen molar-refractivity contribution >= 4 is 6.09 Å². The summed E-state index contributed by atoms with van der Waals surface area (Å²) in [6.45, 7) is 9.71. The Morgan fingerprint density at radius 2 is 1.82 bits per heavy atom. The summed E-state index contributed by atoms with van der Waals surface area (Å²) in [5.41, 5.74) is -0.410. The molecule has 0 radical (unpaired) electrons. The molecule has 1 saturated heterocycles. The lowest BCUT2D eigenvalue weighted by Crippen LogP contribution is -2.52. The molecule has 1 aliphatic carbocycles. The van der Waals surface area contributed by atoms with Crippen LogP contribution < -0.4 is 5.32 Å². The highest BCUT2D eigenvalue weighted by atomic mass is 16.6. The van der Waals surface area contributed by atoms with E-state index in [2.05, 4.69) is 12.2 Å². The zero-order valence-electron chi connectivity index (χ0n) is 14.9. The maximum atomic E-state index is 12.2. The Kier molecular flexibility index (Phi) is 6.13. The van der Waals surface area contributed by atoms with Gasteiger partial charge in [-0.3, -0.25) is 0 Å². The minimum absolute atomic E-state index is 0.163. The molecule has 0 aromatic heterocycles. The van der Waals surface area contributed by atoms with Crippen molar-refractivity contribution in [1.82, 2.24) is 10.2 Å². The number of nitrogens with zero attached hydrogens (tertiary/aromatic N) is 1.